The van der Waals surface area contributed by atoms with E-state index in [1.165, 1.54) is 0 Å². The van der Waals surface area contributed by atoms with E-state index in [4.69, 9.17) is 5.21 Å². The summed E-state index contributed by atoms with van der Waals surface area (Å²) in [6, 6.07) is 2.97. The van der Waals surface area contributed by atoms with Gasteiger partial charge in [0.05, 0.1) is 6.20 Å². The van der Waals surface area contributed by atoms with Crippen molar-refractivity contribution in [1.29, 1.82) is 0 Å². The minimum absolute atomic E-state index is 0.219. The maximum atomic E-state index is 12.0. The molecule has 1 rings (SSSR count). The average Bonchev–Trinajstić information content (AvgIpc) is 2.15. The lowest BCUT2D eigenvalue weighted by Crippen LogP contribution is -2.44. The Morgan fingerprint density at radius 1 is 1.38 bits per heavy atom. The van der Waals surface area contributed by atoms with Crippen molar-refractivity contribution in [3.8, 4) is 0 Å². The van der Waals surface area contributed by atoms with Crippen LogP contribution in [0, 0.1) is 5.21 Å². The van der Waals surface area contributed by atoms with Gasteiger partial charge in [-0.3, -0.25) is 0 Å². The maximum Gasteiger partial charge on any atom is 0.540 e. The smallest absolute Gasteiger partial charge is 0.540 e. The van der Waals surface area contributed by atoms with Crippen LogP contribution in [0.3, 0.4) is 0 Å². The topological polar surface area (TPSA) is 84.5 Å². The predicted octanol–water partition coefficient (Wildman–Crippen LogP) is 0.365. The van der Waals surface area contributed by atoms with E-state index in [9.17, 15) is 26.8 Å². The molecule has 0 aromatic carbocycles. The van der Waals surface area contributed by atoms with Gasteiger partial charge in [0.15, 0.2) is 0 Å². The molecule has 1 heterocycles. The lowest BCUT2D eigenvalue weighted by Gasteiger charge is -2.14. The Bertz CT molecular complexity index is 487. The van der Waals surface area contributed by atoms with Crippen LogP contribution in [0.1, 0.15) is 0 Å². The van der Waals surface area contributed by atoms with Gasteiger partial charge in [0.25, 0.3) is 0 Å². The molecule has 0 unspecified atom stereocenters. The van der Waals surface area contributed by atoms with E-state index in [1.54, 1.807) is 0 Å². The number of anilines is 1. The van der Waals surface area contributed by atoms with Crippen LogP contribution in [0.15, 0.2) is 24.4 Å². The van der Waals surface area contributed by atoms with E-state index in [-0.39, 0.29) is 4.73 Å². The fourth-order valence-electron chi connectivity index (χ4n) is 0.789. The molecule has 0 saturated carbocycles. The van der Waals surface area contributed by atoms with Gasteiger partial charge in [0.1, 0.15) is 0 Å². The lowest BCUT2D eigenvalue weighted by atomic mass is 10.5. The molecule has 0 bridgehead atoms. The molecule has 0 amide bonds. The second-order valence-corrected chi connectivity index (χ2v) is 4.34. The summed E-state index contributed by atoms with van der Waals surface area (Å²) in [7, 11) is -5.98. The molecule has 1 aromatic rings. The zero-order valence-electron chi connectivity index (χ0n) is 7.42. The van der Waals surface area contributed by atoms with Crippen molar-refractivity contribution < 1.29 is 31.5 Å². The summed E-state index contributed by atoms with van der Waals surface area (Å²) in [6.07, 6.45) is 0.741. The molecule has 0 radical (unpaired) electrons. The molecule has 0 fully saturated rings. The number of alkyl halides is 3. The molecule has 0 atom stereocenters. The second kappa shape index (κ2) is 3.79. The first-order valence-electron chi connectivity index (χ1n) is 3.66. The Morgan fingerprint density at radius 2 is 1.94 bits per heavy atom. The van der Waals surface area contributed by atoms with Gasteiger partial charge in [0, 0.05) is 10.5 Å². The Hall–Kier alpha value is -1.55. The SMILES string of the molecule is O=S(=O)(N(O)c1cccc[n+]1[O-])C(F)(F)F. The highest BCUT2D eigenvalue weighted by molar-refractivity contribution is 7.93. The summed E-state index contributed by atoms with van der Waals surface area (Å²) >= 11 is 0. The molecule has 90 valence electrons. The molecule has 1 aromatic heterocycles. The van der Waals surface area contributed by atoms with Crippen molar-refractivity contribution in [2.45, 2.75) is 5.51 Å². The van der Waals surface area contributed by atoms with Crippen LogP contribution in [0.4, 0.5) is 19.0 Å². The van der Waals surface area contributed by atoms with E-state index in [0.29, 0.717) is 0 Å². The Balaban J connectivity index is 3.24. The monoisotopic (exact) mass is 258 g/mol. The normalized spacial score (nSPS) is 12.5. The van der Waals surface area contributed by atoms with Crippen LogP contribution in [0.25, 0.3) is 0 Å². The fourth-order valence-corrected chi connectivity index (χ4v) is 1.37. The molecule has 0 saturated heterocycles. The number of hydrogen-bond donors (Lipinski definition) is 1. The van der Waals surface area contributed by atoms with E-state index in [0.717, 1.165) is 24.4 Å². The molecular formula is C6H5F3N2O4S. The molecule has 10 heteroatoms. The predicted molar refractivity (Wildman–Crippen MR) is 44.6 cm³/mol. The van der Waals surface area contributed by atoms with Crippen molar-refractivity contribution in [1.82, 2.24) is 0 Å². The summed E-state index contributed by atoms with van der Waals surface area (Å²) in [6.45, 7) is 0. The maximum absolute atomic E-state index is 12.0. The molecular weight excluding hydrogens is 253 g/mol. The minimum Gasteiger partial charge on any atom is -0.711 e. The summed E-state index contributed by atoms with van der Waals surface area (Å²) in [5, 5.41) is 19.8. The molecule has 6 nitrogen and oxygen atoms in total. The van der Waals surface area contributed by atoms with E-state index in [1.807, 2.05) is 0 Å². The van der Waals surface area contributed by atoms with Gasteiger partial charge in [0.2, 0.25) is 0 Å². The Morgan fingerprint density at radius 3 is 2.38 bits per heavy atom. The van der Waals surface area contributed by atoms with Crippen molar-refractivity contribution in [3.05, 3.63) is 29.6 Å². The zero-order chi connectivity index (χ0) is 12.6. The number of pyridine rings is 1. The van der Waals surface area contributed by atoms with Crippen molar-refractivity contribution >= 4 is 15.8 Å². The van der Waals surface area contributed by atoms with Crippen molar-refractivity contribution in [2.75, 3.05) is 4.47 Å². The summed E-state index contributed by atoms with van der Waals surface area (Å²) in [4.78, 5) is 0. The average molecular weight is 258 g/mol. The Kier molecular flexibility index (Phi) is 2.97. The number of aromatic nitrogens is 1. The van der Waals surface area contributed by atoms with Crippen LogP contribution >= 0.6 is 0 Å². The van der Waals surface area contributed by atoms with Gasteiger partial charge in [-0.1, -0.05) is 6.07 Å². The molecule has 1 N–H and O–H groups in total. The van der Waals surface area contributed by atoms with Crippen LogP contribution in [0.2, 0.25) is 0 Å². The third-order valence-corrected chi connectivity index (χ3v) is 2.75. The third-order valence-electron chi connectivity index (χ3n) is 1.52. The molecule has 0 aliphatic carbocycles. The largest absolute Gasteiger partial charge is 0.711 e. The first-order valence-corrected chi connectivity index (χ1v) is 5.10. The van der Waals surface area contributed by atoms with Gasteiger partial charge < -0.3 is 5.21 Å². The van der Waals surface area contributed by atoms with Gasteiger partial charge in [-0.2, -0.15) is 26.8 Å². The van der Waals surface area contributed by atoms with Crippen LogP contribution in [0.5, 0.6) is 0 Å². The first kappa shape index (κ1) is 12.5. The quantitative estimate of drug-likeness (QED) is 0.471. The fraction of sp³-hybridized carbons (Fsp3) is 0.167. The van der Waals surface area contributed by atoms with Crippen molar-refractivity contribution in [2.24, 2.45) is 0 Å². The van der Waals surface area contributed by atoms with E-state index in [2.05, 4.69) is 0 Å². The highest BCUT2D eigenvalue weighted by atomic mass is 32.2. The number of rotatable bonds is 2. The molecule has 0 aliphatic heterocycles. The number of sulfonamides is 1. The van der Waals surface area contributed by atoms with Gasteiger partial charge >= 0.3 is 21.3 Å². The lowest BCUT2D eigenvalue weighted by molar-refractivity contribution is -0.593. The summed E-state index contributed by atoms with van der Waals surface area (Å²) in [5.74, 6) is -1.07. The molecule has 0 spiro atoms. The van der Waals surface area contributed by atoms with Gasteiger partial charge in [-0.25, -0.2) is 4.73 Å². The van der Waals surface area contributed by atoms with Gasteiger partial charge in [-0.05, 0) is 6.07 Å². The van der Waals surface area contributed by atoms with Crippen LogP contribution in [-0.4, -0.2) is 19.1 Å². The highest BCUT2D eigenvalue weighted by Gasteiger charge is 2.56. The van der Waals surface area contributed by atoms with Gasteiger partial charge in [-0.15, -0.1) is 0 Å². The highest BCUT2D eigenvalue weighted by Crippen LogP contribution is 2.27. The van der Waals surface area contributed by atoms with E-state index < -0.39 is 25.8 Å². The molecule has 16 heavy (non-hydrogen) atoms. The number of hydrogen-bond acceptors (Lipinski definition) is 4. The standard InChI is InChI=1S/C6H5F3N2O4S/c7-6(8,9)16(14,15)11(13)5-3-1-2-4-10(5)12/h1-4,13H. The molecule has 0 aliphatic rings. The first-order chi connectivity index (χ1) is 7.18. The zero-order valence-corrected chi connectivity index (χ0v) is 8.23. The van der Waals surface area contributed by atoms with Crippen LogP contribution in [-0.2, 0) is 10.0 Å². The third kappa shape index (κ3) is 2.02. The number of halogens is 3. The second-order valence-electron chi connectivity index (χ2n) is 2.58. The summed E-state index contributed by atoms with van der Waals surface area (Å²) in [5.41, 5.74) is -5.69. The summed E-state index contributed by atoms with van der Waals surface area (Å²) < 4.78 is 56.1. The minimum atomic E-state index is -5.98. The Labute approximate surface area is 87.7 Å². The van der Waals surface area contributed by atoms with E-state index >= 15 is 0 Å². The number of nitrogens with zero attached hydrogens (tertiary/aromatic N) is 2. The van der Waals surface area contributed by atoms with Crippen molar-refractivity contribution in [3.63, 3.8) is 0 Å². The van der Waals surface area contributed by atoms with Crippen LogP contribution < -0.4 is 9.20 Å².